The van der Waals surface area contributed by atoms with Crippen LogP contribution in [0.25, 0.3) is 0 Å². The van der Waals surface area contributed by atoms with Crippen molar-refractivity contribution in [3.05, 3.63) is 30.9 Å². The van der Waals surface area contributed by atoms with Crippen molar-refractivity contribution in [2.75, 3.05) is 32.6 Å². The molecule has 2 heterocycles. The van der Waals surface area contributed by atoms with Gasteiger partial charge in [-0.05, 0) is 13.0 Å². The lowest BCUT2D eigenvalue weighted by Gasteiger charge is -2.21. The molecule has 0 aliphatic rings. The van der Waals surface area contributed by atoms with E-state index in [-0.39, 0.29) is 18.4 Å². The second-order valence-electron chi connectivity index (χ2n) is 5.39. The Labute approximate surface area is 140 Å². The Morgan fingerprint density at radius 3 is 2.88 bits per heavy atom. The lowest BCUT2D eigenvalue weighted by Crippen LogP contribution is -2.38. The van der Waals surface area contributed by atoms with Crippen molar-refractivity contribution in [3.8, 4) is 0 Å². The van der Waals surface area contributed by atoms with Gasteiger partial charge in [0.25, 0.3) is 0 Å². The summed E-state index contributed by atoms with van der Waals surface area (Å²) < 4.78 is 8.20. The van der Waals surface area contributed by atoms with Gasteiger partial charge in [-0.15, -0.1) is 0 Å². The molecule has 0 saturated heterocycles. The van der Waals surface area contributed by atoms with E-state index in [0.29, 0.717) is 18.8 Å². The maximum absolute atomic E-state index is 12.3. The molecule has 0 radical (unpaired) electrons. The number of ether oxygens (including phenoxy) is 1. The van der Waals surface area contributed by atoms with Crippen LogP contribution in [-0.2, 0) is 20.9 Å². The number of carbonyl (C=O) groups excluding carboxylic acids is 2. The summed E-state index contributed by atoms with van der Waals surface area (Å²) in [7, 11) is 3.20. The Bertz CT molecular complexity index is 667. The maximum Gasteiger partial charge on any atom is 0.247 e. The summed E-state index contributed by atoms with van der Waals surface area (Å²) in [5.41, 5.74) is 0.581. The minimum atomic E-state index is -0.463. The fraction of sp³-hybridized carbons (Fsp3) is 0.467. The molecule has 1 unspecified atom stereocenters. The van der Waals surface area contributed by atoms with Crippen molar-refractivity contribution < 1.29 is 14.3 Å². The van der Waals surface area contributed by atoms with Gasteiger partial charge in [-0.25, -0.2) is 0 Å². The van der Waals surface area contributed by atoms with E-state index < -0.39 is 6.04 Å². The number of aromatic nitrogens is 4. The molecular formula is C15H22N6O3. The number of likely N-dealkylation sites (N-methyl/N-ethyl adjacent to an activating group) is 1. The van der Waals surface area contributed by atoms with Crippen LogP contribution >= 0.6 is 0 Å². The molecule has 2 aromatic rings. The fourth-order valence-corrected chi connectivity index (χ4v) is 2.17. The van der Waals surface area contributed by atoms with Gasteiger partial charge in [-0.2, -0.15) is 10.2 Å². The Morgan fingerprint density at radius 1 is 1.42 bits per heavy atom. The molecule has 0 bridgehead atoms. The van der Waals surface area contributed by atoms with Gasteiger partial charge in [0.05, 0.1) is 31.6 Å². The lowest BCUT2D eigenvalue weighted by molar-refractivity contribution is -0.136. The standard InChI is InChI=1S/C15H22N6O3/c1-12(21-6-4-5-16-21)15(23)19(2)11-14(22)18-13-9-17-20(10-13)7-8-24-3/h4-6,9-10,12H,7-8,11H2,1-3H3,(H,18,22). The lowest BCUT2D eigenvalue weighted by atomic mass is 10.3. The summed E-state index contributed by atoms with van der Waals surface area (Å²) in [6.07, 6.45) is 6.59. The van der Waals surface area contributed by atoms with Gasteiger partial charge in [-0.3, -0.25) is 19.0 Å². The molecule has 2 aromatic heterocycles. The Morgan fingerprint density at radius 2 is 2.21 bits per heavy atom. The molecule has 130 valence electrons. The number of anilines is 1. The zero-order chi connectivity index (χ0) is 17.5. The van der Waals surface area contributed by atoms with Gasteiger partial charge in [0.15, 0.2) is 0 Å². The van der Waals surface area contributed by atoms with Crippen LogP contribution in [0.1, 0.15) is 13.0 Å². The first-order valence-corrected chi connectivity index (χ1v) is 7.56. The van der Waals surface area contributed by atoms with E-state index in [1.54, 1.807) is 61.3 Å². The molecule has 1 N–H and O–H groups in total. The molecule has 2 amide bonds. The molecule has 9 heteroatoms. The predicted molar refractivity (Wildman–Crippen MR) is 87.3 cm³/mol. The monoisotopic (exact) mass is 334 g/mol. The highest BCUT2D eigenvalue weighted by atomic mass is 16.5. The van der Waals surface area contributed by atoms with E-state index in [0.717, 1.165) is 0 Å². The van der Waals surface area contributed by atoms with Gasteiger partial charge in [0.2, 0.25) is 11.8 Å². The SMILES string of the molecule is COCCn1cc(NC(=O)CN(C)C(=O)C(C)n2cccn2)cn1. The molecule has 0 aliphatic heterocycles. The molecule has 2 rings (SSSR count). The summed E-state index contributed by atoms with van der Waals surface area (Å²) in [6.45, 7) is 2.83. The van der Waals surface area contributed by atoms with Crippen LogP contribution in [0.5, 0.6) is 0 Å². The quantitative estimate of drug-likeness (QED) is 0.753. The molecule has 0 aromatic carbocycles. The third-order valence-corrected chi connectivity index (χ3v) is 3.48. The van der Waals surface area contributed by atoms with E-state index in [4.69, 9.17) is 4.74 Å². The van der Waals surface area contributed by atoms with E-state index in [1.165, 1.54) is 4.90 Å². The highest BCUT2D eigenvalue weighted by molar-refractivity contribution is 5.94. The van der Waals surface area contributed by atoms with Crippen molar-refractivity contribution in [1.29, 1.82) is 0 Å². The number of methoxy groups -OCH3 is 1. The summed E-state index contributed by atoms with van der Waals surface area (Å²) in [6, 6.07) is 1.28. The Hall–Kier alpha value is -2.68. The van der Waals surface area contributed by atoms with Crippen molar-refractivity contribution in [1.82, 2.24) is 24.5 Å². The van der Waals surface area contributed by atoms with Crippen LogP contribution in [-0.4, -0.2) is 63.6 Å². The summed E-state index contributed by atoms with van der Waals surface area (Å²) >= 11 is 0. The molecule has 0 saturated carbocycles. The van der Waals surface area contributed by atoms with E-state index in [1.807, 2.05) is 0 Å². The van der Waals surface area contributed by atoms with Gasteiger partial charge >= 0.3 is 0 Å². The van der Waals surface area contributed by atoms with Crippen LogP contribution in [0.4, 0.5) is 5.69 Å². The first kappa shape index (κ1) is 17.7. The highest BCUT2D eigenvalue weighted by Crippen LogP contribution is 2.08. The molecule has 0 aliphatic carbocycles. The second-order valence-corrected chi connectivity index (χ2v) is 5.39. The first-order valence-electron chi connectivity index (χ1n) is 7.56. The smallest absolute Gasteiger partial charge is 0.247 e. The number of amides is 2. The third-order valence-electron chi connectivity index (χ3n) is 3.48. The van der Waals surface area contributed by atoms with Crippen molar-refractivity contribution in [3.63, 3.8) is 0 Å². The van der Waals surface area contributed by atoms with Crippen LogP contribution in [0.2, 0.25) is 0 Å². The number of hydrogen-bond donors (Lipinski definition) is 1. The summed E-state index contributed by atoms with van der Waals surface area (Å²) in [5, 5.41) is 10.9. The first-order chi connectivity index (χ1) is 11.5. The topological polar surface area (TPSA) is 94.3 Å². The average Bonchev–Trinajstić information content (AvgIpc) is 3.23. The van der Waals surface area contributed by atoms with Crippen LogP contribution in [0.3, 0.4) is 0 Å². The number of rotatable bonds is 8. The average molecular weight is 334 g/mol. The van der Waals surface area contributed by atoms with Crippen LogP contribution < -0.4 is 5.32 Å². The normalized spacial score (nSPS) is 12.0. The van der Waals surface area contributed by atoms with Crippen molar-refractivity contribution in [2.45, 2.75) is 19.5 Å². The molecule has 1 atom stereocenters. The zero-order valence-electron chi connectivity index (χ0n) is 14.0. The predicted octanol–water partition coefficient (Wildman–Crippen LogP) is 0.384. The van der Waals surface area contributed by atoms with Crippen LogP contribution in [0, 0.1) is 0 Å². The second kappa shape index (κ2) is 8.25. The van der Waals surface area contributed by atoms with E-state index in [9.17, 15) is 9.59 Å². The van der Waals surface area contributed by atoms with Gasteiger partial charge in [0, 0.05) is 32.7 Å². The van der Waals surface area contributed by atoms with Gasteiger partial charge in [0.1, 0.15) is 6.04 Å². The maximum atomic E-state index is 12.3. The largest absolute Gasteiger partial charge is 0.383 e. The van der Waals surface area contributed by atoms with E-state index in [2.05, 4.69) is 15.5 Å². The van der Waals surface area contributed by atoms with Crippen molar-refractivity contribution in [2.24, 2.45) is 0 Å². The Kier molecular flexibility index (Phi) is 6.07. The molecule has 9 nitrogen and oxygen atoms in total. The highest BCUT2D eigenvalue weighted by Gasteiger charge is 2.21. The van der Waals surface area contributed by atoms with E-state index >= 15 is 0 Å². The van der Waals surface area contributed by atoms with Crippen LogP contribution in [0.15, 0.2) is 30.9 Å². The molecule has 24 heavy (non-hydrogen) atoms. The minimum absolute atomic E-state index is 0.0479. The van der Waals surface area contributed by atoms with Crippen molar-refractivity contribution >= 4 is 17.5 Å². The fourth-order valence-electron chi connectivity index (χ4n) is 2.17. The number of nitrogens with zero attached hydrogens (tertiary/aromatic N) is 5. The molecular weight excluding hydrogens is 312 g/mol. The molecule has 0 spiro atoms. The molecule has 0 fully saturated rings. The number of nitrogens with one attached hydrogen (secondary N) is 1. The number of hydrogen-bond acceptors (Lipinski definition) is 5. The summed E-state index contributed by atoms with van der Waals surface area (Å²) in [4.78, 5) is 25.7. The third kappa shape index (κ3) is 4.66. The van der Waals surface area contributed by atoms with Gasteiger partial charge in [-0.1, -0.05) is 0 Å². The number of carbonyl (C=O) groups is 2. The zero-order valence-corrected chi connectivity index (χ0v) is 14.0. The summed E-state index contributed by atoms with van der Waals surface area (Å²) in [5.74, 6) is -0.477. The minimum Gasteiger partial charge on any atom is -0.383 e. The van der Waals surface area contributed by atoms with Gasteiger partial charge < -0.3 is 15.0 Å². The Balaban J connectivity index is 1.85.